The molecule has 1 saturated heterocycles. The number of aliphatic hydroxyl groups excluding tert-OH is 1. The molecule has 2 aromatic rings. The lowest BCUT2D eigenvalue weighted by Gasteiger charge is -2.18. The predicted octanol–water partition coefficient (Wildman–Crippen LogP) is 1.54. The van der Waals surface area contributed by atoms with Crippen LogP contribution in [-0.2, 0) is 6.42 Å². The number of halogens is 1. The number of amides is 1. The highest BCUT2D eigenvalue weighted by Gasteiger charge is 2.35. The van der Waals surface area contributed by atoms with Crippen LogP contribution in [0.25, 0.3) is 0 Å². The number of hydrogen-bond acceptors (Lipinski definition) is 4. The van der Waals surface area contributed by atoms with Crippen molar-refractivity contribution in [3.8, 4) is 5.75 Å². The highest BCUT2D eigenvalue weighted by Crippen LogP contribution is 2.27. The third-order valence-electron chi connectivity index (χ3n) is 4.33. The van der Waals surface area contributed by atoms with Crippen molar-refractivity contribution in [2.45, 2.75) is 19.4 Å². The van der Waals surface area contributed by atoms with Crippen molar-refractivity contribution in [2.24, 2.45) is 5.92 Å². The number of methoxy groups -OCH3 is 1. The topological polar surface area (TPSA) is 78.5 Å². The van der Waals surface area contributed by atoms with Crippen LogP contribution in [0.15, 0.2) is 24.3 Å². The van der Waals surface area contributed by atoms with E-state index in [2.05, 4.69) is 10.2 Å². The first-order chi connectivity index (χ1) is 11.5. The summed E-state index contributed by atoms with van der Waals surface area (Å²) in [5, 5.41) is 17.3. The minimum Gasteiger partial charge on any atom is -0.493 e. The van der Waals surface area contributed by atoms with Crippen LogP contribution in [-0.4, -0.2) is 52.4 Å². The maximum atomic E-state index is 13.8. The van der Waals surface area contributed by atoms with Gasteiger partial charge in [-0.25, -0.2) is 4.39 Å². The Morgan fingerprint density at radius 1 is 1.50 bits per heavy atom. The number of carbonyl (C=O) groups excluding carboxylic acids is 1. The number of H-pyrrole nitrogens is 1. The van der Waals surface area contributed by atoms with Gasteiger partial charge in [-0.05, 0) is 31.5 Å². The fourth-order valence-electron chi connectivity index (χ4n) is 3.12. The SMILES string of the molecule is COc1c(F)cccc1C(=O)N1C[C@@H](Cc2cc(C)[nH]n2)[C@H](O)C1. The van der Waals surface area contributed by atoms with Gasteiger partial charge >= 0.3 is 0 Å². The second-order valence-corrected chi connectivity index (χ2v) is 6.10. The summed E-state index contributed by atoms with van der Waals surface area (Å²) in [5.41, 5.74) is 1.98. The van der Waals surface area contributed by atoms with Gasteiger partial charge in [0.05, 0.1) is 24.5 Å². The maximum Gasteiger partial charge on any atom is 0.257 e. The molecule has 0 spiro atoms. The number of aryl methyl sites for hydroxylation is 1. The number of aromatic nitrogens is 2. The van der Waals surface area contributed by atoms with Crippen LogP contribution in [0.5, 0.6) is 5.75 Å². The summed E-state index contributed by atoms with van der Waals surface area (Å²) in [5.74, 6) is -1.09. The second kappa shape index (κ2) is 6.60. The minimum atomic E-state index is -0.634. The average molecular weight is 333 g/mol. The van der Waals surface area contributed by atoms with E-state index in [1.165, 1.54) is 30.2 Å². The molecule has 7 heteroatoms. The molecule has 0 radical (unpaired) electrons. The number of nitrogens with zero attached hydrogens (tertiary/aromatic N) is 2. The Morgan fingerprint density at radius 2 is 2.29 bits per heavy atom. The van der Waals surface area contributed by atoms with E-state index in [1.807, 2.05) is 13.0 Å². The van der Waals surface area contributed by atoms with Crippen molar-refractivity contribution < 1.29 is 19.0 Å². The largest absolute Gasteiger partial charge is 0.493 e. The van der Waals surface area contributed by atoms with Crippen LogP contribution in [0.3, 0.4) is 0 Å². The number of aromatic amines is 1. The molecule has 0 bridgehead atoms. The number of likely N-dealkylation sites (tertiary alicyclic amines) is 1. The molecule has 0 aliphatic carbocycles. The van der Waals surface area contributed by atoms with Crippen LogP contribution in [0.1, 0.15) is 21.7 Å². The molecule has 0 unspecified atom stereocenters. The molecule has 1 amide bonds. The number of ether oxygens (including phenoxy) is 1. The number of rotatable bonds is 4. The Bertz CT molecular complexity index is 746. The highest BCUT2D eigenvalue weighted by molar-refractivity contribution is 5.97. The van der Waals surface area contributed by atoms with E-state index < -0.39 is 11.9 Å². The van der Waals surface area contributed by atoms with E-state index in [0.29, 0.717) is 13.0 Å². The quantitative estimate of drug-likeness (QED) is 0.890. The molecule has 1 fully saturated rings. The third kappa shape index (κ3) is 3.12. The lowest BCUT2D eigenvalue weighted by Crippen LogP contribution is -2.30. The van der Waals surface area contributed by atoms with Gasteiger partial charge in [-0.3, -0.25) is 9.89 Å². The normalized spacial score (nSPS) is 20.4. The van der Waals surface area contributed by atoms with Gasteiger partial charge in [-0.1, -0.05) is 6.07 Å². The van der Waals surface area contributed by atoms with E-state index in [-0.39, 0.29) is 29.7 Å². The molecule has 2 N–H and O–H groups in total. The van der Waals surface area contributed by atoms with Crippen molar-refractivity contribution in [1.29, 1.82) is 0 Å². The molecule has 0 saturated carbocycles. The average Bonchev–Trinajstić information content (AvgIpc) is 3.13. The number of hydrogen-bond donors (Lipinski definition) is 2. The molecule has 1 aliphatic rings. The van der Waals surface area contributed by atoms with E-state index in [1.54, 1.807) is 0 Å². The molecule has 128 valence electrons. The van der Waals surface area contributed by atoms with Crippen LogP contribution in [0.4, 0.5) is 4.39 Å². The summed E-state index contributed by atoms with van der Waals surface area (Å²) in [6.45, 7) is 2.52. The fraction of sp³-hybridized carbons (Fsp3) is 0.412. The van der Waals surface area contributed by atoms with Gasteiger partial charge in [0.1, 0.15) is 0 Å². The summed E-state index contributed by atoms with van der Waals surface area (Å²) in [4.78, 5) is 14.2. The van der Waals surface area contributed by atoms with Gasteiger partial charge in [-0.15, -0.1) is 0 Å². The zero-order chi connectivity index (χ0) is 17.3. The van der Waals surface area contributed by atoms with E-state index in [4.69, 9.17) is 4.74 Å². The van der Waals surface area contributed by atoms with Gasteiger partial charge in [0.15, 0.2) is 11.6 Å². The van der Waals surface area contributed by atoms with Gasteiger partial charge in [0.2, 0.25) is 0 Å². The molecule has 3 rings (SSSR count). The minimum absolute atomic E-state index is 0.0663. The molecular formula is C17H20FN3O3. The summed E-state index contributed by atoms with van der Waals surface area (Å²) in [7, 11) is 1.33. The Morgan fingerprint density at radius 3 is 2.96 bits per heavy atom. The smallest absolute Gasteiger partial charge is 0.257 e. The Labute approximate surface area is 139 Å². The molecule has 1 aromatic carbocycles. The van der Waals surface area contributed by atoms with Gasteiger partial charge in [-0.2, -0.15) is 5.10 Å². The number of para-hydroxylation sites is 1. The number of nitrogens with one attached hydrogen (secondary N) is 1. The van der Waals surface area contributed by atoms with Crippen molar-refractivity contribution in [3.05, 3.63) is 47.0 Å². The molecule has 6 nitrogen and oxygen atoms in total. The summed E-state index contributed by atoms with van der Waals surface area (Å²) >= 11 is 0. The third-order valence-corrected chi connectivity index (χ3v) is 4.33. The molecule has 24 heavy (non-hydrogen) atoms. The number of β-amino-alcohol motifs (C(OH)–C–C–N with tert-alkyl or cyclic N) is 1. The first kappa shape index (κ1) is 16.4. The van der Waals surface area contributed by atoms with E-state index in [0.717, 1.165) is 11.4 Å². The zero-order valence-electron chi connectivity index (χ0n) is 13.6. The van der Waals surface area contributed by atoms with Crippen molar-refractivity contribution in [1.82, 2.24) is 15.1 Å². The van der Waals surface area contributed by atoms with Crippen molar-refractivity contribution >= 4 is 5.91 Å². The Balaban J connectivity index is 1.74. The van der Waals surface area contributed by atoms with Gasteiger partial charge < -0.3 is 14.7 Å². The van der Waals surface area contributed by atoms with Crippen molar-refractivity contribution in [3.63, 3.8) is 0 Å². The van der Waals surface area contributed by atoms with Crippen LogP contribution in [0, 0.1) is 18.7 Å². The molecular weight excluding hydrogens is 313 g/mol. The van der Waals surface area contributed by atoms with Crippen LogP contribution < -0.4 is 4.74 Å². The van der Waals surface area contributed by atoms with Crippen LogP contribution in [0.2, 0.25) is 0 Å². The molecule has 1 aromatic heterocycles. The summed E-state index contributed by atoms with van der Waals surface area (Å²) < 4.78 is 18.8. The number of benzene rings is 1. The number of carbonyl (C=O) groups is 1. The predicted molar refractivity (Wildman–Crippen MR) is 85.4 cm³/mol. The van der Waals surface area contributed by atoms with Gasteiger partial charge in [0.25, 0.3) is 5.91 Å². The maximum absolute atomic E-state index is 13.8. The second-order valence-electron chi connectivity index (χ2n) is 6.10. The molecule has 2 heterocycles. The standard InChI is InChI=1S/C17H20FN3O3/c1-10-6-12(20-19-10)7-11-8-21(9-15(11)22)17(23)13-4-3-5-14(18)16(13)24-2/h3-6,11,15,22H,7-9H2,1-2H3,(H,19,20)/t11-,15-/m1/s1. The fourth-order valence-corrected chi connectivity index (χ4v) is 3.12. The van der Waals surface area contributed by atoms with Crippen molar-refractivity contribution in [2.75, 3.05) is 20.2 Å². The summed E-state index contributed by atoms with van der Waals surface area (Å²) in [6, 6.07) is 6.17. The number of aliphatic hydroxyl groups is 1. The van der Waals surface area contributed by atoms with E-state index >= 15 is 0 Å². The lowest BCUT2D eigenvalue weighted by molar-refractivity contribution is 0.0760. The Hall–Kier alpha value is -2.41. The molecule has 2 atom stereocenters. The Kier molecular flexibility index (Phi) is 4.53. The first-order valence-electron chi connectivity index (χ1n) is 7.80. The molecule has 1 aliphatic heterocycles. The summed E-state index contributed by atoms with van der Waals surface area (Å²) in [6.07, 6.45) is -0.0548. The monoisotopic (exact) mass is 333 g/mol. The highest BCUT2D eigenvalue weighted by atomic mass is 19.1. The lowest BCUT2D eigenvalue weighted by atomic mass is 10.0. The van der Waals surface area contributed by atoms with E-state index in [9.17, 15) is 14.3 Å². The zero-order valence-corrected chi connectivity index (χ0v) is 13.6. The van der Waals surface area contributed by atoms with Gasteiger partial charge in [0, 0.05) is 24.7 Å². The first-order valence-corrected chi connectivity index (χ1v) is 7.80. The van der Waals surface area contributed by atoms with Crippen LogP contribution >= 0.6 is 0 Å².